The Hall–Kier alpha value is -3.48. The van der Waals surface area contributed by atoms with Crippen molar-refractivity contribution in [2.75, 3.05) is 0 Å². The highest BCUT2D eigenvalue weighted by Crippen LogP contribution is 2.43. The van der Waals surface area contributed by atoms with Gasteiger partial charge in [-0.15, -0.1) is 0 Å². The molecule has 36 heavy (non-hydrogen) atoms. The number of rotatable bonds is 3. The maximum Gasteiger partial charge on any atom is 0.394 e. The van der Waals surface area contributed by atoms with E-state index in [2.05, 4.69) is 0 Å². The zero-order chi connectivity index (χ0) is 26.2. The van der Waals surface area contributed by atoms with Crippen LogP contribution in [0.15, 0.2) is 53.1 Å². The van der Waals surface area contributed by atoms with E-state index in [1.165, 1.54) is 19.9 Å². The minimum absolute atomic E-state index is 0.119. The van der Waals surface area contributed by atoms with Crippen LogP contribution in [0.4, 0.5) is 22.0 Å². The predicted molar refractivity (Wildman–Crippen MR) is 131 cm³/mol. The van der Waals surface area contributed by atoms with Gasteiger partial charge in [0.25, 0.3) is 0 Å². The summed E-state index contributed by atoms with van der Waals surface area (Å²) in [6.07, 6.45) is -2.63. The SMILES string of the molecule is Cc1cc2c(oc3cc(F)cc(F)c32)c(-c2c3ccc(CC(C)(C)C(F)(F)F)cc3cc[n+]2C)c1C. The highest BCUT2D eigenvalue weighted by molar-refractivity contribution is 6.12. The lowest BCUT2D eigenvalue weighted by molar-refractivity contribution is -0.659. The van der Waals surface area contributed by atoms with Crippen LogP contribution in [0, 0.1) is 30.9 Å². The molecular formula is C29H25F5NO+. The first-order chi connectivity index (χ1) is 16.8. The summed E-state index contributed by atoms with van der Waals surface area (Å²) in [6.45, 7) is 6.25. The number of halogens is 5. The lowest BCUT2D eigenvalue weighted by Crippen LogP contribution is -2.34. The smallest absolute Gasteiger partial charge is 0.394 e. The molecule has 0 unspecified atom stereocenters. The van der Waals surface area contributed by atoms with Gasteiger partial charge in [0.15, 0.2) is 6.20 Å². The van der Waals surface area contributed by atoms with E-state index >= 15 is 0 Å². The van der Waals surface area contributed by atoms with Crippen molar-refractivity contribution in [1.82, 2.24) is 0 Å². The van der Waals surface area contributed by atoms with Crippen LogP contribution >= 0.6 is 0 Å². The van der Waals surface area contributed by atoms with Crippen LogP contribution in [-0.2, 0) is 13.5 Å². The average molecular weight is 499 g/mol. The van der Waals surface area contributed by atoms with Crippen LogP contribution in [0.1, 0.15) is 30.5 Å². The lowest BCUT2D eigenvalue weighted by Gasteiger charge is -2.27. The Morgan fingerprint density at radius 1 is 0.917 bits per heavy atom. The fourth-order valence-electron chi connectivity index (χ4n) is 4.93. The second-order valence-corrected chi connectivity index (χ2v) is 10.2. The molecule has 0 atom stereocenters. The summed E-state index contributed by atoms with van der Waals surface area (Å²) >= 11 is 0. The number of aryl methyl sites for hydroxylation is 2. The molecule has 2 aromatic heterocycles. The molecule has 0 N–H and O–H groups in total. The largest absolute Gasteiger partial charge is 0.455 e. The third kappa shape index (κ3) is 3.72. The van der Waals surface area contributed by atoms with Gasteiger partial charge in [0.2, 0.25) is 5.69 Å². The number of pyridine rings is 1. The molecule has 3 aromatic carbocycles. The number of hydrogen-bond donors (Lipinski definition) is 0. The first-order valence-corrected chi connectivity index (χ1v) is 11.6. The van der Waals surface area contributed by atoms with Gasteiger partial charge in [-0.3, -0.25) is 0 Å². The highest BCUT2D eigenvalue weighted by Gasteiger charge is 2.47. The maximum atomic E-state index is 14.8. The molecular weight excluding hydrogens is 473 g/mol. The van der Waals surface area contributed by atoms with Crippen LogP contribution < -0.4 is 4.57 Å². The average Bonchev–Trinajstić information content (AvgIpc) is 3.12. The Balaban J connectivity index is 1.79. The fourth-order valence-corrected chi connectivity index (χ4v) is 4.93. The van der Waals surface area contributed by atoms with Gasteiger partial charge in [0.05, 0.1) is 21.8 Å². The number of alkyl halides is 3. The summed E-state index contributed by atoms with van der Waals surface area (Å²) in [5.41, 5.74) is 2.60. The van der Waals surface area contributed by atoms with Gasteiger partial charge in [-0.1, -0.05) is 26.0 Å². The van der Waals surface area contributed by atoms with Gasteiger partial charge in [-0.05, 0) is 54.5 Å². The summed E-state index contributed by atoms with van der Waals surface area (Å²) < 4.78 is 77.1. The third-order valence-corrected chi connectivity index (χ3v) is 7.15. The Morgan fingerprint density at radius 3 is 2.33 bits per heavy atom. The van der Waals surface area contributed by atoms with Crippen LogP contribution in [-0.4, -0.2) is 6.18 Å². The quantitative estimate of drug-likeness (QED) is 0.181. The number of nitrogens with zero attached hydrogens (tertiary/aromatic N) is 1. The molecule has 0 saturated carbocycles. The summed E-state index contributed by atoms with van der Waals surface area (Å²) in [4.78, 5) is 0. The van der Waals surface area contributed by atoms with Gasteiger partial charge in [0, 0.05) is 23.6 Å². The number of aromatic nitrogens is 1. The van der Waals surface area contributed by atoms with Crippen molar-refractivity contribution in [3.05, 3.63) is 77.0 Å². The van der Waals surface area contributed by atoms with E-state index in [1.807, 2.05) is 49.9 Å². The molecule has 2 heterocycles. The molecule has 0 amide bonds. The monoisotopic (exact) mass is 498 g/mol. The summed E-state index contributed by atoms with van der Waals surface area (Å²) in [6, 6.07) is 11.0. The van der Waals surface area contributed by atoms with Crippen molar-refractivity contribution in [2.45, 2.75) is 40.3 Å². The Morgan fingerprint density at radius 2 is 1.64 bits per heavy atom. The van der Waals surface area contributed by atoms with Crippen LogP contribution in [0.2, 0.25) is 0 Å². The molecule has 0 fully saturated rings. The second-order valence-electron chi connectivity index (χ2n) is 10.2. The van der Waals surface area contributed by atoms with Gasteiger partial charge in [-0.2, -0.15) is 13.2 Å². The van der Waals surface area contributed by atoms with Gasteiger partial charge in [-0.25, -0.2) is 13.3 Å². The second kappa shape index (κ2) is 8.02. The number of fused-ring (bicyclic) bond motifs is 4. The van der Waals surface area contributed by atoms with Crippen molar-refractivity contribution in [2.24, 2.45) is 12.5 Å². The van der Waals surface area contributed by atoms with E-state index in [4.69, 9.17) is 4.42 Å². The minimum Gasteiger partial charge on any atom is -0.455 e. The fraction of sp³-hybridized carbons (Fsp3) is 0.276. The molecule has 5 aromatic rings. The maximum absolute atomic E-state index is 14.8. The molecule has 0 spiro atoms. The molecule has 2 nitrogen and oxygen atoms in total. The number of furan rings is 1. The van der Waals surface area contributed by atoms with Crippen molar-refractivity contribution in [3.8, 4) is 11.3 Å². The molecule has 0 bridgehead atoms. The van der Waals surface area contributed by atoms with E-state index in [0.717, 1.165) is 39.2 Å². The van der Waals surface area contributed by atoms with Gasteiger partial charge < -0.3 is 4.42 Å². The zero-order valence-electron chi connectivity index (χ0n) is 20.6. The van der Waals surface area contributed by atoms with Crippen molar-refractivity contribution < 1.29 is 30.9 Å². The molecule has 0 saturated heterocycles. The molecule has 0 aliphatic carbocycles. The Labute approximate surface area is 205 Å². The topological polar surface area (TPSA) is 17.0 Å². The lowest BCUT2D eigenvalue weighted by atomic mass is 9.84. The van der Waals surface area contributed by atoms with E-state index in [1.54, 1.807) is 12.1 Å². The summed E-state index contributed by atoms with van der Waals surface area (Å²) in [5, 5.41) is 2.35. The Kier molecular flexibility index (Phi) is 5.39. The van der Waals surface area contributed by atoms with Crippen LogP contribution in [0.3, 0.4) is 0 Å². The van der Waals surface area contributed by atoms with E-state index in [-0.39, 0.29) is 17.4 Å². The normalized spacial score (nSPS) is 12.8. The molecule has 186 valence electrons. The Bertz CT molecular complexity index is 1680. The molecule has 0 radical (unpaired) electrons. The zero-order valence-corrected chi connectivity index (χ0v) is 20.6. The van der Waals surface area contributed by atoms with Gasteiger partial charge in [0.1, 0.15) is 29.8 Å². The first kappa shape index (κ1) is 24.2. The van der Waals surface area contributed by atoms with Crippen molar-refractivity contribution >= 4 is 32.7 Å². The molecule has 0 aliphatic rings. The van der Waals surface area contributed by atoms with Crippen molar-refractivity contribution in [1.29, 1.82) is 0 Å². The van der Waals surface area contributed by atoms with E-state index in [0.29, 0.717) is 16.5 Å². The summed E-state index contributed by atoms with van der Waals surface area (Å²) in [7, 11) is 1.87. The third-order valence-electron chi connectivity index (χ3n) is 7.15. The summed E-state index contributed by atoms with van der Waals surface area (Å²) in [5.74, 6) is -1.42. The van der Waals surface area contributed by atoms with Crippen LogP contribution in [0.5, 0.6) is 0 Å². The minimum atomic E-state index is -4.32. The molecule has 7 heteroatoms. The molecule has 0 aliphatic heterocycles. The van der Waals surface area contributed by atoms with E-state index < -0.39 is 23.2 Å². The number of benzene rings is 3. The van der Waals surface area contributed by atoms with E-state index in [9.17, 15) is 22.0 Å². The van der Waals surface area contributed by atoms with Gasteiger partial charge >= 0.3 is 6.18 Å². The highest BCUT2D eigenvalue weighted by atomic mass is 19.4. The van der Waals surface area contributed by atoms with Crippen LogP contribution in [0.25, 0.3) is 44.0 Å². The first-order valence-electron chi connectivity index (χ1n) is 11.6. The molecule has 5 rings (SSSR count). The van der Waals surface area contributed by atoms with Crippen molar-refractivity contribution in [3.63, 3.8) is 0 Å². The predicted octanol–water partition coefficient (Wildman–Crippen LogP) is 8.26. The standard InChI is InChI=1S/C29H25F5NO/c1-15-10-21-25-22(31)12-19(30)13-23(25)36-27(21)24(16(15)2)26-20-7-6-17(11-18(20)8-9-35(26)5)14-28(3,4)29(32,33)34/h6-13H,14H2,1-5H3/q+1. The number of hydrogen-bond acceptors (Lipinski definition) is 1.